The lowest BCUT2D eigenvalue weighted by molar-refractivity contribution is -0.119. The second kappa shape index (κ2) is 9.55. The molecule has 2 aromatic carbocycles. The zero-order chi connectivity index (χ0) is 22.5. The molecule has 1 amide bonds. The molecule has 1 N–H and O–H groups in total. The molecule has 0 radical (unpaired) electrons. The van der Waals surface area contributed by atoms with Crippen LogP contribution in [0.2, 0.25) is 0 Å². The summed E-state index contributed by atoms with van der Waals surface area (Å²) in [5, 5.41) is 7.46. The number of benzene rings is 2. The maximum atomic E-state index is 12.5. The smallest absolute Gasteiger partial charge is 0.338 e. The van der Waals surface area contributed by atoms with Crippen molar-refractivity contribution in [2.45, 2.75) is 25.7 Å². The van der Waals surface area contributed by atoms with Gasteiger partial charge in [0.1, 0.15) is 5.82 Å². The van der Waals surface area contributed by atoms with Crippen LogP contribution in [0.4, 0.5) is 5.82 Å². The fraction of sp³-hybridized carbons (Fsp3) is 0.292. The highest BCUT2D eigenvalue weighted by Gasteiger charge is 2.28. The van der Waals surface area contributed by atoms with Crippen LogP contribution in [-0.4, -0.2) is 42.0 Å². The molecule has 166 valence electrons. The molecule has 8 heteroatoms. The number of ether oxygens (including phenoxy) is 3. The highest BCUT2D eigenvalue weighted by Crippen LogP contribution is 2.40. The molecule has 1 heterocycles. The molecule has 1 fully saturated rings. The first kappa shape index (κ1) is 21.4. The molecule has 0 bridgehead atoms. The number of hydrogen-bond acceptors (Lipinski definition) is 6. The Morgan fingerprint density at radius 3 is 2.56 bits per heavy atom. The minimum Gasteiger partial charge on any atom is -0.493 e. The van der Waals surface area contributed by atoms with Crippen molar-refractivity contribution in [1.29, 1.82) is 0 Å². The summed E-state index contributed by atoms with van der Waals surface area (Å²) in [7, 11) is 1.49. The minimum absolute atomic E-state index is 0.267. The number of carbonyl (C=O) groups is 2. The Morgan fingerprint density at radius 2 is 1.88 bits per heavy atom. The molecule has 32 heavy (non-hydrogen) atoms. The summed E-state index contributed by atoms with van der Waals surface area (Å²) in [6.45, 7) is 1.91. The van der Waals surface area contributed by atoms with E-state index < -0.39 is 18.5 Å². The molecule has 3 aromatic rings. The van der Waals surface area contributed by atoms with E-state index in [1.54, 1.807) is 16.8 Å². The van der Waals surface area contributed by atoms with E-state index in [4.69, 9.17) is 14.2 Å². The second-order valence-corrected chi connectivity index (χ2v) is 7.40. The standard InChI is InChI=1S/C24H25N3O5/c1-3-31-20-12-11-17(13-21(20)30-2)24(29)32-15-23(28)25-22-14-19(16-9-10-16)26-27(22)18-7-5-4-6-8-18/h4-8,11-14,16H,3,9-10,15H2,1-2H3,(H,25,28). The first-order valence-corrected chi connectivity index (χ1v) is 10.5. The van der Waals surface area contributed by atoms with Crippen molar-refractivity contribution in [2.75, 3.05) is 25.6 Å². The van der Waals surface area contributed by atoms with Crippen LogP contribution >= 0.6 is 0 Å². The number of amides is 1. The fourth-order valence-electron chi connectivity index (χ4n) is 3.30. The molecule has 0 spiro atoms. The highest BCUT2D eigenvalue weighted by molar-refractivity contribution is 5.95. The quantitative estimate of drug-likeness (QED) is 0.512. The van der Waals surface area contributed by atoms with E-state index in [1.165, 1.54) is 13.2 Å². The molecule has 1 aliphatic carbocycles. The number of carbonyl (C=O) groups excluding carboxylic acids is 2. The Balaban J connectivity index is 1.42. The van der Waals surface area contributed by atoms with Crippen LogP contribution in [0.5, 0.6) is 11.5 Å². The average Bonchev–Trinajstić information content (AvgIpc) is 3.59. The SMILES string of the molecule is CCOc1ccc(C(=O)OCC(=O)Nc2cc(C3CC3)nn2-c2ccccc2)cc1OC. The number of aromatic nitrogens is 2. The fourth-order valence-corrected chi connectivity index (χ4v) is 3.30. The Bertz CT molecular complexity index is 1110. The van der Waals surface area contributed by atoms with Crippen molar-refractivity contribution in [3.63, 3.8) is 0 Å². The van der Waals surface area contributed by atoms with Gasteiger partial charge in [-0.3, -0.25) is 4.79 Å². The number of anilines is 1. The number of para-hydroxylation sites is 1. The molecule has 1 aliphatic rings. The van der Waals surface area contributed by atoms with Crippen LogP contribution in [0.25, 0.3) is 5.69 Å². The Hall–Kier alpha value is -3.81. The van der Waals surface area contributed by atoms with Gasteiger partial charge in [-0.05, 0) is 50.1 Å². The van der Waals surface area contributed by atoms with Gasteiger partial charge < -0.3 is 19.5 Å². The molecule has 8 nitrogen and oxygen atoms in total. The van der Waals surface area contributed by atoms with Crippen molar-refractivity contribution >= 4 is 17.7 Å². The topological polar surface area (TPSA) is 91.7 Å². The number of esters is 1. The van der Waals surface area contributed by atoms with E-state index in [9.17, 15) is 9.59 Å². The molecule has 4 rings (SSSR count). The van der Waals surface area contributed by atoms with Crippen molar-refractivity contribution in [2.24, 2.45) is 0 Å². The predicted octanol–water partition coefficient (Wildman–Crippen LogP) is 3.95. The lowest BCUT2D eigenvalue weighted by atomic mass is 10.2. The summed E-state index contributed by atoms with van der Waals surface area (Å²) in [5.41, 5.74) is 2.05. The maximum Gasteiger partial charge on any atom is 0.338 e. The summed E-state index contributed by atoms with van der Waals surface area (Å²) in [6, 6.07) is 16.2. The predicted molar refractivity (Wildman–Crippen MR) is 119 cm³/mol. The van der Waals surface area contributed by atoms with Crippen molar-refractivity contribution in [3.8, 4) is 17.2 Å². The number of hydrogen-bond donors (Lipinski definition) is 1. The van der Waals surface area contributed by atoms with Crippen LogP contribution in [0.15, 0.2) is 54.6 Å². The normalized spacial score (nSPS) is 12.8. The molecule has 0 saturated heterocycles. The van der Waals surface area contributed by atoms with E-state index >= 15 is 0 Å². The third kappa shape index (κ3) is 4.91. The minimum atomic E-state index is -0.628. The van der Waals surface area contributed by atoms with E-state index in [0.29, 0.717) is 29.8 Å². The third-order valence-corrected chi connectivity index (χ3v) is 5.03. The first-order chi connectivity index (χ1) is 15.6. The van der Waals surface area contributed by atoms with E-state index in [-0.39, 0.29) is 5.56 Å². The molecule has 1 saturated carbocycles. The largest absolute Gasteiger partial charge is 0.493 e. The lowest BCUT2D eigenvalue weighted by Gasteiger charge is -2.11. The summed E-state index contributed by atoms with van der Waals surface area (Å²) in [5.74, 6) is 0.854. The molecular weight excluding hydrogens is 410 g/mol. The zero-order valence-electron chi connectivity index (χ0n) is 18.0. The van der Waals surface area contributed by atoms with Crippen LogP contribution in [0, 0.1) is 0 Å². The van der Waals surface area contributed by atoms with Gasteiger partial charge in [-0.15, -0.1) is 0 Å². The van der Waals surface area contributed by atoms with Gasteiger partial charge in [0.25, 0.3) is 5.91 Å². The number of methoxy groups -OCH3 is 1. The molecular formula is C24H25N3O5. The molecule has 0 aliphatic heterocycles. The van der Waals surface area contributed by atoms with Crippen molar-refractivity contribution in [3.05, 3.63) is 65.9 Å². The van der Waals surface area contributed by atoms with Gasteiger partial charge in [0.2, 0.25) is 0 Å². The number of rotatable bonds is 9. The van der Waals surface area contributed by atoms with Crippen molar-refractivity contribution < 1.29 is 23.8 Å². The van der Waals surface area contributed by atoms with Gasteiger partial charge in [-0.1, -0.05) is 18.2 Å². The van der Waals surface area contributed by atoms with Gasteiger partial charge in [-0.25, -0.2) is 9.48 Å². The van der Waals surface area contributed by atoms with Gasteiger partial charge in [0.15, 0.2) is 18.1 Å². The lowest BCUT2D eigenvalue weighted by Crippen LogP contribution is -2.22. The van der Waals surface area contributed by atoms with Crippen LogP contribution in [0.3, 0.4) is 0 Å². The average molecular weight is 435 g/mol. The molecule has 0 unspecified atom stereocenters. The van der Waals surface area contributed by atoms with Crippen molar-refractivity contribution in [1.82, 2.24) is 9.78 Å². The van der Waals surface area contributed by atoms with Gasteiger partial charge in [-0.2, -0.15) is 5.10 Å². The van der Waals surface area contributed by atoms with Crippen LogP contribution in [0.1, 0.15) is 41.7 Å². The maximum absolute atomic E-state index is 12.5. The van der Waals surface area contributed by atoms with E-state index in [1.807, 2.05) is 43.3 Å². The Labute approximate surface area is 186 Å². The van der Waals surface area contributed by atoms with Crippen LogP contribution < -0.4 is 14.8 Å². The molecule has 0 atom stereocenters. The number of nitrogens with one attached hydrogen (secondary N) is 1. The van der Waals surface area contributed by atoms with E-state index in [2.05, 4.69) is 10.4 Å². The van der Waals surface area contributed by atoms with Gasteiger partial charge in [0.05, 0.1) is 30.7 Å². The summed E-state index contributed by atoms with van der Waals surface area (Å²) in [4.78, 5) is 24.9. The second-order valence-electron chi connectivity index (χ2n) is 7.40. The third-order valence-electron chi connectivity index (χ3n) is 5.03. The van der Waals surface area contributed by atoms with Gasteiger partial charge >= 0.3 is 5.97 Å². The highest BCUT2D eigenvalue weighted by atomic mass is 16.5. The number of nitrogens with zero attached hydrogens (tertiary/aromatic N) is 2. The zero-order valence-corrected chi connectivity index (χ0v) is 18.0. The summed E-state index contributed by atoms with van der Waals surface area (Å²) in [6.07, 6.45) is 2.20. The summed E-state index contributed by atoms with van der Waals surface area (Å²) >= 11 is 0. The molecule has 1 aromatic heterocycles. The Morgan fingerprint density at radius 1 is 1.09 bits per heavy atom. The van der Waals surface area contributed by atoms with Gasteiger partial charge in [0, 0.05) is 12.0 Å². The van der Waals surface area contributed by atoms with E-state index in [0.717, 1.165) is 24.2 Å². The Kier molecular flexibility index (Phi) is 6.39. The first-order valence-electron chi connectivity index (χ1n) is 10.5. The van der Waals surface area contributed by atoms with Crippen LogP contribution in [-0.2, 0) is 9.53 Å². The summed E-state index contributed by atoms with van der Waals surface area (Å²) < 4.78 is 17.6. The monoisotopic (exact) mass is 435 g/mol.